The lowest BCUT2D eigenvalue weighted by Crippen LogP contribution is -2.74. The summed E-state index contributed by atoms with van der Waals surface area (Å²) in [6.07, 6.45) is 3.81. The molecule has 2 heterocycles. The highest BCUT2D eigenvalue weighted by Crippen LogP contribution is 2.56. The highest BCUT2D eigenvalue weighted by molar-refractivity contribution is 7.13. The lowest BCUT2D eigenvalue weighted by atomic mass is 9.49. The molecule has 3 fully saturated rings. The van der Waals surface area contributed by atoms with Crippen LogP contribution in [-0.4, -0.2) is 95.7 Å². The number of nitrogens with one attached hydrogen (secondary N) is 3. The molecule has 72 heavy (non-hydrogen) atoms. The van der Waals surface area contributed by atoms with Crippen molar-refractivity contribution < 1.29 is 23.9 Å². The van der Waals surface area contributed by atoms with E-state index < -0.39 is 23.3 Å². The molecule has 3 N–H and O–H groups in total. The Kier molecular flexibility index (Phi) is 16.6. The van der Waals surface area contributed by atoms with E-state index in [1.165, 1.54) is 5.56 Å². The van der Waals surface area contributed by atoms with Crippen molar-refractivity contribution in [2.45, 2.75) is 145 Å². The van der Waals surface area contributed by atoms with Gasteiger partial charge >= 0.3 is 0 Å². The smallest absolute Gasteiger partial charge is 0.251 e. The Balaban J connectivity index is 0.828. The first kappa shape index (κ1) is 54.4. The van der Waals surface area contributed by atoms with Crippen LogP contribution in [0.5, 0.6) is 5.75 Å². The van der Waals surface area contributed by atoms with Crippen LogP contribution >= 0.6 is 11.3 Å². The van der Waals surface area contributed by atoms with Crippen LogP contribution in [0.1, 0.15) is 146 Å². The van der Waals surface area contributed by atoms with E-state index in [0.29, 0.717) is 24.0 Å². The Bertz CT molecular complexity index is 2590. The number of amides is 3. The number of aryl methyl sites for hydroxylation is 2. The lowest BCUT2D eigenvalue weighted by Gasteiger charge is -2.63. The van der Waals surface area contributed by atoms with Gasteiger partial charge in [0.15, 0.2) is 5.78 Å². The maximum Gasteiger partial charge on any atom is 0.251 e. The first-order valence-corrected chi connectivity index (χ1v) is 27.0. The molecule has 1 aromatic heterocycles. The Labute approximate surface area is 433 Å². The van der Waals surface area contributed by atoms with Crippen LogP contribution < -0.4 is 20.7 Å². The predicted octanol–water partition coefficient (Wildman–Crippen LogP) is 9.84. The van der Waals surface area contributed by atoms with Gasteiger partial charge in [-0.15, -0.1) is 11.3 Å². The van der Waals surface area contributed by atoms with E-state index in [2.05, 4.69) is 110 Å². The molecule has 0 bridgehead atoms. The molecule has 2 saturated carbocycles. The number of hydrogen-bond acceptors (Lipinski definition) is 10. The van der Waals surface area contributed by atoms with Gasteiger partial charge in [0, 0.05) is 60.5 Å². The lowest BCUT2D eigenvalue weighted by molar-refractivity contribution is -0.164. The Hall–Kier alpha value is -5.42. The van der Waals surface area contributed by atoms with Gasteiger partial charge in [-0.25, -0.2) is 4.98 Å². The van der Waals surface area contributed by atoms with Crippen LogP contribution in [0.4, 0.5) is 0 Å². The number of thiazole rings is 1. The molecular weight excluding hydrogens is 919 g/mol. The first-order valence-electron chi connectivity index (χ1n) is 26.1. The number of rotatable bonds is 17. The number of piperazine rings is 1. The average Bonchev–Trinajstić information content (AvgIpc) is 4.01. The third-order valence-corrected chi connectivity index (χ3v) is 16.7. The van der Waals surface area contributed by atoms with E-state index >= 15 is 0 Å². The van der Waals surface area contributed by atoms with Crippen LogP contribution in [0, 0.1) is 46.3 Å². The first-order chi connectivity index (χ1) is 33.9. The minimum Gasteiger partial charge on any atom is -0.489 e. The summed E-state index contributed by atoms with van der Waals surface area (Å²) in [4.78, 5) is 65.4. The van der Waals surface area contributed by atoms with Gasteiger partial charge in [-0.1, -0.05) is 112 Å². The second-order valence-electron chi connectivity index (χ2n) is 24.1. The van der Waals surface area contributed by atoms with Gasteiger partial charge in [0.05, 0.1) is 46.3 Å². The predicted molar refractivity (Wildman–Crippen MR) is 287 cm³/mol. The molecule has 1 aliphatic heterocycles. The van der Waals surface area contributed by atoms with E-state index in [9.17, 15) is 24.4 Å². The molecule has 3 aromatic carbocycles. The summed E-state index contributed by atoms with van der Waals surface area (Å²) in [6.45, 7) is 29.2. The number of carbonyl (C=O) groups excluding carboxylic acids is 4. The number of hydrogen-bond donors (Lipinski definition) is 3. The zero-order valence-electron chi connectivity index (χ0n) is 44.9. The third-order valence-electron chi connectivity index (χ3n) is 15.7. The summed E-state index contributed by atoms with van der Waals surface area (Å²) in [7, 11) is 0. The highest BCUT2D eigenvalue weighted by Gasteiger charge is 2.64. The summed E-state index contributed by atoms with van der Waals surface area (Å²) in [6, 6.07) is 23.1. The Morgan fingerprint density at radius 1 is 0.861 bits per heavy atom. The number of ether oxygens (including phenoxy) is 1. The van der Waals surface area contributed by atoms with Crippen LogP contribution in [0.15, 0.2) is 72.2 Å². The molecule has 0 radical (unpaired) electrons. The van der Waals surface area contributed by atoms with Gasteiger partial charge in [0.2, 0.25) is 11.8 Å². The highest BCUT2D eigenvalue weighted by atomic mass is 32.1. The van der Waals surface area contributed by atoms with Crippen molar-refractivity contribution in [2.24, 2.45) is 28.1 Å². The number of carbonyl (C=O) groups is 4. The second kappa shape index (κ2) is 22.0. The maximum atomic E-state index is 14.3. The molecule has 0 spiro atoms. The minimum atomic E-state index is -0.701. The second-order valence-corrected chi connectivity index (χ2v) is 24.9. The number of benzene rings is 3. The van der Waals surface area contributed by atoms with Crippen molar-refractivity contribution in [3.63, 3.8) is 0 Å². The minimum absolute atomic E-state index is 0.0496. The molecule has 386 valence electrons. The monoisotopic (exact) mass is 998 g/mol. The summed E-state index contributed by atoms with van der Waals surface area (Å²) in [5.74, 6) is -0.556. The summed E-state index contributed by atoms with van der Waals surface area (Å²) < 4.78 is 6.63. The third kappa shape index (κ3) is 12.3. The van der Waals surface area contributed by atoms with Crippen molar-refractivity contribution in [3.05, 3.63) is 106 Å². The SMILES string of the molecule is Cc1ncsc1-c1ccc([C@H](C)NC(=O)[C@@H]2CCCC2C(=O)[C@@H](NC(=O)CN2CCN(CCCc3ccc(C(=O)NC4C(C)(C)C(Oc5ccc(C#N)c(C(C)(C)C)c5)C4(C)C)cc3)CC2)C(C)(C)C)cc1. The fourth-order valence-corrected chi connectivity index (χ4v) is 12.6. The fourth-order valence-electron chi connectivity index (χ4n) is 11.8. The molecule has 4 aromatic rings. The van der Waals surface area contributed by atoms with Crippen LogP contribution in [0.3, 0.4) is 0 Å². The van der Waals surface area contributed by atoms with Gasteiger partial charge in [0.1, 0.15) is 11.9 Å². The summed E-state index contributed by atoms with van der Waals surface area (Å²) in [5, 5.41) is 19.3. The average molecular weight is 998 g/mol. The van der Waals surface area contributed by atoms with E-state index in [4.69, 9.17) is 4.74 Å². The number of nitriles is 1. The molecule has 4 atom stereocenters. The Morgan fingerprint density at radius 3 is 2.10 bits per heavy atom. The van der Waals surface area contributed by atoms with Crippen molar-refractivity contribution in [1.29, 1.82) is 5.26 Å². The van der Waals surface area contributed by atoms with E-state index in [0.717, 1.165) is 85.0 Å². The topological polar surface area (TPSA) is 157 Å². The van der Waals surface area contributed by atoms with Gasteiger partial charge in [-0.2, -0.15) is 5.26 Å². The number of Topliss-reactive ketones (excluding diaryl/α,β-unsaturated/α-hetero) is 1. The van der Waals surface area contributed by atoms with Gasteiger partial charge < -0.3 is 25.6 Å². The molecule has 3 aliphatic rings. The Morgan fingerprint density at radius 2 is 1.50 bits per heavy atom. The number of aromatic nitrogens is 1. The summed E-state index contributed by atoms with van der Waals surface area (Å²) in [5.41, 5.74) is 6.98. The molecular formula is C59H79N7O5S. The largest absolute Gasteiger partial charge is 0.489 e. The molecule has 7 rings (SSSR count). The molecule has 2 aliphatic carbocycles. The van der Waals surface area contributed by atoms with Crippen molar-refractivity contribution in [3.8, 4) is 22.3 Å². The van der Waals surface area contributed by atoms with Crippen molar-refractivity contribution in [1.82, 2.24) is 30.7 Å². The zero-order chi connectivity index (χ0) is 52.3. The molecule has 1 saturated heterocycles. The van der Waals surface area contributed by atoms with E-state index in [-0.39, 0.29) is 64.5 Å². The molecule has 3 amide bonds. The fraction of sp³-hybridized carbons (Fsp3) is 0.559. The van der Waals surface area contributed by atoms with Gasteiger partial charge in [-0.05, 0) is 109 Å². The summed E-state index contributed by atoms with van der Waals surface area (Å²) >= 11 is 1.61. The van der Waals surface area contributed by atoms with E-state index in [1.807, 2.05) is 82.6 Å². The van der Waals surface area contributed by atoms with Crippen LogP contribution in [0.25, 0.3) is 10.4 Å². The van der Waals surface area contributed by atoms with Crippen LogP contribution in [0.2, 0.25) is 0 Å². The molecule has 13 heteroatoms. The van der Waals surface area contributed by atoms with Crippen molar-refractivity contribution >= 4 is 34.8 Å². The van der Waals surface area contributed by atoms with Crippen LogP contribution in [-0.2, 0) is 26.2 Å². The quantitative estimate of drug-likeness (QED) is 0.0937. The number of nitrogens with zero attached hydrogens (tertiary/aromatic N) is 4. The van der Waals surface area contributed by atoms with E-state index in [1.54, 1.807) is 11.3 Å². The van der Waals surface area contributed by atoms with Gasteiger partial charge in [-0.3, -0.25) is 24.1 Å². The molecule has 1 unspecified atom stereocenters. The normalized spacial score (nSPS) is 21.9. The van der Waals surface area contributed by atoms with Crippen molar-refractivity contribution in [2.75, 3.05) is 39.3 Å². The molecule has 12 nitrogen and oxygen atoms in total. The zero-order valence-corrected chi connectivity index (χ0v) is 45.7. The van der Waals surface area contributed by atoms with Gasteiger partial charge in [0.25, 0.3) is 5.91 Å². The maximum absolute atomic E-state index is 14.3. The standard InChI is InChI=1S/C59H79N7O5S/c1-37(40-22-24-41(25-23-40)50-38(2)61-36-72-50)62-53(70)46-17-13-16-45(46)49(68)51(57(6,7)8)63-48(67)35-66-31-29-65(30-32-66)28-14-15-39-18-20-42(21-19-39)52(69)64-54-58(9,10)55(59(54,11)12)71-44-27-26-43(34-60)47(33-44)56(3,4)5/h18-27,33,36-37,45-46,51,54-55H,13-17,28-32,35H2,1-12H3,(H,62,70)(H,63,67)(H,64,69)/t37-,45?,46+,51+,54?,55?/m0/s1. The number of ketones is 1.